The fourth-order valence-electron chi connectivity index (χ4n) is 0.903. The third-order valence-corrected chi connectivity index (χ3v) is 1.40. The molecule has 1 heterocycles. The van der Waals surface area contributed by atoms with E-state index in [0.29, 0.717) is 11.3 Å². The summed E-state index contributed by atoms with van der Waals surface area (Å²) in [6.45, 7) is 3.86. The Kier molecular flexibility index (Phi) is 2.84. The summed E-state index contributed by atoms with van der Waals surface area (Å²) in [5.74, 6) is 0.643. The molecule has 1 aromatic heterocycles. The summed E-state index contributed by atoms with van der Waals surface area (Å²) >= 11 is 0. The number of pyridine rings is 1. The molecule has 0 saturated heterocycles. The van der Waals surface area contributed by atoms with Crippen molar-refractivity contribution in [2.75, 3.05) is 0 Å². The molecule has 4 heteroatoms. The maximum atomic E-state index is 7.20. The molecule has 0 atom stereocenters. The molecule has 0 radical (unpaired) electrons. The highest BCUT2D eigenvalue weighted by atomic mass is 16.5. The zero-order valence-corrected chi connectivity index (χ0v) is 7.74. The molecule has 0 bridgehead atoms. The molecule has 4 nitrogen and oxygen atoms in total. The van der Waals surface area contributed by atoms with Crippen LogP contribution in [0, 0.1) is 5.41 Å². The van der Waals surface area contributed by atoms with Crippen LogP contribution < -0.4 is 10.5 Å². The van der Waals surface area contributed by atoms with Gasteiger partial charge in [0.2, 0.25) is 0 Å². The Bertz CT molecular complexity index is 309. The number of amidine groups is 1. The van der Waals surface area contributed by atoms with Crippen LogP contribution in [0.4, 0.5) is 0 Å². The van der Waals surface area contributed by atoms with Crippen LogP contribution in [-0.2, 0) is 0 Å². The van der Waals surface area contributed by atoms with Crippen molar-refractivity contribution >= 4 is 5.84 Å². The number of nitrogen functional groups attached to an aromatic ring is 1. The van der Waals surface area contributed by atoms with Gasteiger partial charge in [-0.25, -0.2) is 0 Å². The normalized spacial score (nSPS) is 10.1. The minimum absolute atomic E-state index is 0.00158. The van der Waals surface area contributed by atoms with Crippen LogP contribution in [0.25, 0.3) is 0 Å². The molecule has 1 rings (SSSR count). The molecule has 0 aromatic carbocycles. The van der Waals surface area contributed by atoms with Crippen molar-refractivity contribution < 1.29 is 4.74 Å². The number of nitrogens with two attached hydrogens (primary N) is 1. The monoisotopic (exact) mass is 179 g/mol. The maximum Gasteiger partial charge on any atom is 0.138 e. The van der Waals surface area contributed by atoms with Crippen molar-refractivity contribution in [3.05, 3.63) is 24.0 Å². The molecule has 0 aliphatic rings. The van der Waals surface area contributed by atoms with Gasteiger partial charge in [-0.2, -0.15) is 0 Å². The van der Waals surface area contributed by atoms with Gasteiger partial charge in [0.15, 0.2) is 0 Å². The average Bonchev–Trinajstić information content (AvgIpc) is 2.03. The lowest BCUT2D eigenvalue weighted by atomic mass is 10.2. The van der Waals surface area contributed by atoms with Crippen LogP contribution in [-0.4, -0.2) is 16.9 Å². The van der Waals surface area contributed by atoms with Gasteiger partial charge in [-0.05, 0) is 19.9 Å². The Balaban J connectivity index is 2.85. The van der Waals surface area contributed by atoms with Gasteiger partial charge >= 0.3 is 0 Å². The Labute approximate surface area is 77.2 Å². The Morgan fingerprint density at radius 2 is 2.23 bits per heavy atom. The van der Waals surface area contributed by atoms with E-state index >= 15 is 0 Å². The van der Waals surface area contributed by atoms with Crippen molar-refractivity contribution in [3.63, 3.8) is 0 Å². The smallest absolute Gasteiger partial charge is 0.138 e. The largest absolute Gasteiger partial charge is 0.489 e. The average molecular weight is 179 g/mol. The second-order valence-electron chi connectivity index (χ2n) is 2.99. The van der Waals surface area contributed by atoms with Gasteiger partial charge in [0.05, 0.1) is 12.3 Å². The molecule has 3 N–H and O–H groups in total. The minimum atomic E-state index is 0.00158. The van der Waals surface area contributed by atoms with Gasteiger partial charge in [-0.15, -0.1) is 0 Å². The molecule has 1 aromatic rings. The number of hydrogen-bond acceptors (Lipinski definition) is 3. The highest BCUT2D eigenvalue weighted by molar-refractivity contribution is 5.94. The fourth-order valence-corrected chi connectivity index (χ4v) is 0.903. The molecule has 0 amide bonds. The summed E-state index contributed by atoms with van der Waals surface area (Å²) in [6.07, 6.45) is 3.24. The van der Waals surface area contributed by atoms with Gasteiger partial charge in [0.25, 0.3) is 0 Å². The minimum Gasteiger partial charge on any atom is -0.489 e. The summed E-state index contributed by atoms with van der Waals surface area (Å²) in [7, 11) is 0. The molecule has 0 fully saturated rings. The standard InChI is InChI=1S/C9H13N3O/c1-6(2)13-8-3-7(9(10)11)4-12-5-8/h3-6H,1-2H3,(H3,10,11). The number of rotatable bonds is 3. The topological polar surface area (TPSA) is 72.0 Å². The summed E-state index contributed by atoms with van der Waals surface area (Å²) in [5.41, 5.74) is 5.88. The van der Waals surface area contributed by atoms with Crippen molar-refractivity contribution in [3.8, 4) is 5.75 Å². The predicted molar refractivity (Wildman–Crippen MR) is 51.0 cm³/mol. The zero-order valence-electron chi connectivity index (χ0n) is 7.74. The Hall–Kier alpha value is -1.58. The van der Waals surface area contributed by atoms with Crippen LogP contribution in [0.1, 0.15) is 19.4 Å². The number of nitrogens with zero attached hydrogens (tertiary/aromatic N) is 1. The van der Waals surface area contributed by atoms with Crippen LogP contribution in [0.15, 0.2) is 18.5 Å². The second-order valence-corrected chi connectivity index (χ2v) is 2.99. The number of aromatic nitrogens is 1. The van der Waals surface area contributed by atoms with Gasteiger partial charge in [0, 0.05) is 11.8 Å². The SMILES string of the molecule is CC(C)Oc1cncc(C(=N)N)c1. The number of nitrogens with one attached hydrogen (secondary N) is 1. The van der Waals surface area contributed by atoms with E-state index in [1.807, 2.05) is 13.8 Å². The highest BCUT2D eigenvalue weighted by Gasteiger charge is 2.01. The number of hydrogen-bond donors (Lipinski definition) is 2. The van der Waals surface area contributed by atoms with Crippen LogP contribution in [0.2, 0.25) is 0 Å². The van der Waals surface area contributed by atoms with Crippen LogP contribution in [0.3, 0.4) is 0 Å². The van der Waals surface area contributed by atoms with Gasteiger partial charge < -0.3 is 10.5 Å². The van der Waals surface area contributed by atoms with E-state index in [2.05, 4.69) is 4.98 Å². The lowest BCUT2D eigenvalue weighted by Gasteiger charge is -2.09. The highest BCUT2D eigenvalue weighted by Crippen LogP contribution is 2.12. The van der Waals surface area contributed by atoms with E-state index < -0.39 is 0 Å². The van der Waals surface area contributed by atoms with E-state index in [4.69, 9.17) is 15.9 Å². The molecule has 0 aliphatic carbocycles. The van der Waals surface area contributed by atoms with Crippen molar-refractivity contribution in [2.24, 2.45) is 5.73 Å². The second kappa shape index (κ2) is 3.89. The molecule has 70 valence electrons. The summed E-state index contributed by atoms with van der Waals surface area (Å²) in [4.78, 5) is 3.91. The Morgan fingerprint density at radius 3 is 2.77 bits per heavy atom. The quantitative estimate of drug-likeness (QED) is 0.540. The molecule has 0 saturated carbocycles. The molecular formula is C9H13N3O. The van der Waals surface area contributed by atoms with Crippen molar-refractivity contribution in [1.82, 2.24) is 4.98 Å². The van der Waals surface area contributed by atoms with E-state index in [1.165, 1.54) is 6.20 Å². The molecule has 0 aliphatic heterocycles. The summed E-state index contributed by atoms with van der Waals surface area (Å²) < 4.78 is 5.39. The lowest BCUT2D eigenvalue weighted by Crippen LogP contribution is -2.12. The summed E-state index contributed by atoms with van der Waals surface area (Å²) in [6, 6.07) is 1.70. The van der Waals surface area contributed by atoms with Crippen LogP contribution in [0.5, 0.6) is 5.75 Å². The fraction of sp³-hybridized carbons (Fsp3) is 0.333. The third-order valence-electron chi connectivity index (χ3n) is 1.40. The van der Waals surface area contributed by atoms with E-state index in [9.17, 15) is 0 Å². The van der Waals surface area contributed by atoms with E-state index in [-0.39, 0.29) is 11.9 Å². The number of ether oxygens (including phenoxy) is 1. The molecule has 13 heavy (non-hydrogen) atoms. The summed E-state index contributed by atoms with van der Waals surface area (Å²) in [5, 5.41) is 7.20. The molecular weight excluding hydrogens is 166 g/mol. The van der Waals surface area contributed by atoms with E-state index in [1.54, 1.807) is 12.3 Å². The lowest BCUT2D eigenvalue weighted by molar-refractivity contribution is 0.241. The zero-order chi connectivity index (χ0) is 9.84. The maximum absolute atomic E-state index is 7.20. The van der Waals surface area contributed by atoms with Gasteiger partial charge in [-0.1, -0.05) is 0 Å². The van der Waals surface area contributed by atoms with Crippen LogP contribution >= 0.6 is 0 Å². The van der Waals surface area contributed by atoms with Gasteiger partial charge in [-0.3, -0.25) is 10.4 Å². The predicted octanol–water partition coefficient (Wildman–Crippen LogP) is 1.15. The third kappa shape index (κ3) is 2.74. The molecule has 0 spiro atoms. The molecule has 0 unspecified atom stereocenters. The van der Waals surface area contributed by atoms with Gasteiger partial charge in [0.1, 0.15) is 11.6 Å². The first-order chi connectivity index (χ1) is 6.09. The Morgan fingerprint density at radius 1 is 1.54 bits per heavy atom. The van der Waals surface area contributed by atoms with Crippen molar-refractivity contribution in [2.45, 2.75) is 20.0 Å². The van der Waals surface area contributed by atoms with E-state index in [0.717, 1.165) is 0 Å². The first-order valence-corrected chi connectivity index (χ1v) is 4.05. The van der Waals surface area contributed by atoms with Crippen molar-refractivity contribution in [1.29, 1.82) is 5.41 Å². The first-order valence-electron chi connectivity index (χ1n) is 4.05. The first kappa shape index (κ1) is 9.51.